The first-order valence-electron chi connectivity index (χ1n) is 8.13. The predicted molar refractivity (Wildman–Crippen MR) is 94.7 cm³/mol. The summed E-state index contributed by atoms with van der Waals surface area (Å²) in [4.78, 5) is 25.0. The maximum Gasteiger partial charge on any atom is 0.270 e. The molecule has 0 unspecified atom stereocenters. The van der Waals surface area contributed by atoms with Gasteiger partial charge in [-0.2, -0.15) is 0 Å². The first-order chi connectivity index (χ1) is 12.5. The summed E-state index contributed by atoms with van der Waals surface area (Å²) in [5.41, 5.74) is 5.84. The van der Waals surface area contributed by atoms with Crippen LogP contribution in [0.3, 0.4) is 0 Å². The fourth-order valence-electron chi connectivity index (χ4n) is 2.80. The van der Waals surface area contributed by atoms with Crippen molar-refractivity contribution in [2.45, 2.75) is 12.5 Å². The molecular formula is C18H19N3O5. The lowest BCUT2D eigenvalue weighted by atomic mass is 10.1. The molecule has 8 heteroatoms. The molecule has 1 atom stereocenters. The van der Waals surface area contributed by atoms with Crippen molar-refractivity contribution >= 4 is 11.6 Å². The van der Waals surface area contributed by atoms with Gasteiger partial charge in [-0.3, -0.25) is 14.9 Å². The number of carbonyl (C=O) groups excluding carboxylic acids is 1. The number of carbonyl (C=O) groups is 1. The smallest absolute Gasteiger partial charge is 0.270 e. The van der Waals surface area contributed by atoms with E-state index in [1.165, 1.54) is 18.2 Å². The van der Waals surface area contributed by atoms with E-state index >= 15 is 0 Å². The van der Waals surface area contributed by atoms with Crippen LogP contribution >= 0.6 is 0 Å². The molecular weight excluding hydrogens is 338 g/mol. The van der Waals surface area contributed by atoms with Crippen molar-refractivity contribution in [3.8, 4) is 17.2 Å². The largest absolute Gasteiger partial charge is 0.497 e. The average Bonchev–Trinajstić information content (AvgIpc) is 3.08. The molecule has 136 valence electrons. The minimum Gasteiger partial charge on any atom is -0.497 e. The van der Waals surface area contributed by atoms with Gasteiger partial charge in [-0.25, -0.2) is 0 Å². The van der Waals surface area contributed by atoms with Gasteiger partial charge in [0.25, 0.3) is 11.6 Å². The summed E-state index contributed by atoms with van der Waals surface area (Å²) >= 11 is 0. The highest BCUT2D eigenvalue weighted by Gasteiger charge is 2.28. The van der Waals surface area contributed by atoms with Crippen LogP contribution in [0.15, 0.2) is 42.5 Å². The van der Waals surface area contributed by atoms with Gasteiger partial charge in [-0.15, -0.1) is 0 Å². The molecule has 0 aliphatic carbocycles. The topological polar surface area (TPSA) is 108 Å². The average molecular weight is 357 g/mol. The van der Waals surface area contributed by atoms with Crippen LogP contribution in [0.25, 0.3) is 0 Å². The monoisotopic (exact) mass is 357 g/mol. The number of amides is 1. The van der Waals surface area contributed by atoms with Gasteiger partial charge in [0.2, 0.25) is 0 Å². The molecule has 2 aromatic carbocycles. The van der Waals surface area contributed by atoms with E-state index < -0.39 is 4.92 Å². The van der Waals surface area contributed by atoms with E-state index in [-0.39, 0.29) is 28.9 Å². The Morgan fingerprint density at radius 1 is 1.23 bits per heavy atom. The number of nitro groups is 1. The Hall–Kier alpha value is -3.13. The fraction of sp³-hybridized carbons (Fsp3) is 0.278. The van der Waals surface area contributed by atoms with Gasteiger partial charge in [-0.1, -0.05) is 0 Å². The molecule has 3 rings (SSSR count). The summed E-state index contributed by atoms with van der Waals surface area (Å²) in [6.45, 7) is 0.939. The highest BCUT2D eigenvalue weighted by Crippen LogP contribution is 2.31. The number of non-ortho nitro benzene ring substituents is 1. The van der Waals surface area contributed by atoms with Gasteiger partial charge in [0.05, 0.1) is 17.6 Å². The Bertz CT molecular complexity index is 822. The second-order valence-corrected chi connectivity index (χ2v) is 6.02. The number of nitrogens with two attached hydrogens (primary N) is 1. The Morgan fingerprint density at radius 3 is 2.50 bits per heavy atom. The molecule has 1 heterocycles. The van der Waals surface area contributed by atoms with Crippen molar-refractivity contribution in [2.24, 2.45) is 5.73 Å². The van der Waals surface area contributed by atoms with E-state index in [0.29, 0.717) is 31.0 Å². The van der Waals surface area contributed by atoms with Gasteiger partial charge in [0.1, 0.15) is 17.2 Å². The number of rotatable bonds is 5. The van der Waals surface area contributed by atoms with Gasteiger partial charge >= 0.3 is 0 Å². The van der Waals surface area contributed by atoms with Crippen LogP contribution in [0.5, 0.6) is 17.2 Å². The van der Waals surface area contributed by atoms with Crippen LogP contribution in [0.2, 0.25) is 0 Å². The van der Waals surface area contributed by atoms with Gasteiger partial charge < -0.3 is 20.1 Å². The molecule has 0 bridgehead atoms. The third-order valence-corrected chi connectivity index (χ3v) is 4.20. The summed E-state index contributed by atoms with van der Waals surface area (Å²) in [5, 5.41) is 11.1. The first-order valence-corrected chi connectivity index (χ1v) is 8.13. The number of ether oxygens (including phenoxy) is 2. The normalized spacial score (nSPS) is 16.4. The van der Waals surface area contributed by atoms with E-state index in [1.807, 2.05) is 0 Å². The third-order valence-electron chi connectivity index (χ3n) is 4.20. The van der Waals surface area contributed by atoms with E-state index in [0.717, 1.165) is 0 Å². The summed E-state index contributed by atoms with van der Waals surface area (Å²) in [5.74, 6) is 1.09. The lowest BCUT2D eigenvalue weighted by Gasteiger charge is -2.18. The molecule has 8 nitrogen and oxygen atoms in total. The SMILES string of the molecule is COc1ccc(Oc2ccc([N+](=O)[O-])cc2C(=O)N2CC[C@@H](N)C2)cc1. The molecule has 1 saturated heterocycles. The second kappa shape index (κ2) is 7.40. The maximum atomic E-state index is 12.8. The quantitative estimate of drug-likeness (QED) is 0.651. The van der Waals surface area contributed by atoms with E-state index in [1.54, 1.807) is 36.3 Å². The Balaban J connectivity index is 1.92. The van der Waals surface area contributed by atoms with Crippen molar-refractivity contribution < 1.29 is 19.2 Å². The van der Waals surface area contributed by atoms with Crippen molar-refractivity contribution in [2.75, 3.05) is 20.2 Å². The van der Waals surface area contributed by atoms with Crippen molar-refractivity contribution in [1.29, 1.82) is 0 Å². The van der Waals surface area contributed by atoms with Gasteiger partial charge in [-0.05, 0) is 36.8 Å². The Kier molecular flexibility index (Phi) is 5.04. The van der Waals surface area contributed by atoms with Crippen LogP contribution in [-0.2, 0) is 0 Å². The van der Waals surface area contributed by atoms with E-state index in [2.05, 4.69) is 0 Å². The molecule has 0 radical (unpaired) electrons. The van der Waals surface area contributed by atoms with Crippen LogP contribution in [-0.4, -0.2) is 42.0 Å². The molecule has 1 amide bonds. The zero-order chi connectivity index (χ0) is 18.7. The number of benzene rings is 2. The summed E-state index contributed by atoms with van der Waals surface area (Å²) < 4.78 is 10.9. The number of nitro benzene ring substituents is 1. The molecule has 2 aromatic rings. The third kappa shape index (κ3) is 3.75. The number of hydrogen-bond donors (Lipinski definition) is 1. The van der Waals surface area contributed by atoms with Crippen LogP contribution in [0.1, 0.15) is 16.8 Å². The van der Waals surface area contributed by atoms with Crippen molar-refractivity contribution in [3.63, 3.8) is 0 Å². The lowest BCUT2D eigenvalue weighted by molar-refractivity contribution is -0.384. The minimum atomic E-state index is -0.538. The summed E-state index contributed by atoms with van der Waals surface area (Å²) in [7, 11) is 1.56. The van der Waals surface area contributed by atoms with Crippen molar-refractivity contribution in [1.82, 2.24) is 4.90 Å². The molecule has 1 aliphatic rings. The molecule has 1 fully saturated rings. The van der Waals surface area contributed by atoms with E-state index in [9.17, 15) is 14.9 Å². The van der Waals surface area contributed by atoms with E-state index in [4.69, 9.17) is 15.2 Å². The molecule has 2 N–H and O–H groups in total. The van der Waals surface area contributed by atoms with Crippen LogP contribution in [0, 0.1) is 10.1 Å². The number of likely N-dealkylation sites (tertiary alicyclic amines) is 1. The second-order valence-electron chi connectivity index (χ2n) is 6.02. The first kappa shape index (κ1) is 17.7. The van der Waals surface area contributed by atoms with Gasteiger partial charge in [0.15, 0.2) is 0 Å². The van der Waals surface area contributed by atoms with Gasteiger partial charge in [0, 0.05) is 31.3 Å². The number of hydrogen-bond acceptors (Lipinski definition) is 6. The fourth-order valence-corrected chi connectivity index (χ4v) is 2.80. The van der Waals surface area contributed by atoms with Crippen LogP contribution < -0.4 is 15.2 Å². The van der Waals surface area contributed by atoms with Crippen molar-refractivity contribution in [3.05, 3.63) is 58.1 Å². The molecule has 0 spiro atoms. The summed E-state index contributed by atoms with van der Waals surface area (Å²) in [6, 6.07) is 10.7. The molecule has 1 aliphatic heterocycles. The Labute approximate surface area is 150 Å². The summed E-state index contributed by atoms with van der Waals surface area (Å²) in [6.07, 6.45) is 0.704. The molecule has 26 heavy (non-hydrogen) atoms. The molecule has 0 saturated carbocycles. The zero-order valence-corrected chi connectivity index (χ0v) is 14.3. The zero-order valence-electron chi connectivity index (χ0n) is 14.3. The molecule has 0 aromatic heterocycles. The van der Waals surface area contributed by atoms with Crippen LogP contribution in [0.4, 0.5) is 5.69 Å². The Morgan fingerprint density at radius 2 is 1.92 bits per heavy atom. The highest BCUT2D eigenvalue weighted by molar-refractivity contribution is 5.98. The predicted octanol–water partition coefficient (Wildman–Crippen LogP) is 2.57. The highest BCUT2D eigenvalue weighted by atomic mass is 16.6. The number of methoxy groups -OCH3 is 1. The standard InChI is InChI=1S/C18H19N3O5/c1-25-14-3-5-15(6-4-14)26-17-7-2-13(21(23)24)10-16(17)18(22)20-9-8-12(19)11-20/h2-7,10,12H,8-9,11,19H2,1H3/t12-/m1/s1. The number of nitrogens with zero attached hydrogens (tertiary/aromatic N) is 2. The lowest BCUT2D eigenvalue weighted by Crippen LogP contribution is -2.32. The maximum absolute atomic E-state index is 12.8. The minimum absolute atomic E-state index is 0.0800.